The number of thiophene rings is 1. The van der Waals surface area contributed by atoms with Crippen molar-refractivity contribution in [2.75, 3.05) is 13.1 Å². The molecular formula is C17H18N2O4S. The summed E-state index contributed by atoms with van der Waals surface area (Å²) in [6.07, 6.45) is -1.31. The fraction of sp³-hybridized carbons (Fsp3) is 0.353. The van der Waals surface area contributed by atoms with Crippen molar-refractivity contribution < 1.29 is 19.4 Å². The van der Waals surface area contributed by atoms with Crippen LogP contribution in [0.2, 0.25) is 0 Å². The summed E-state index contributed by atoms with van der Waals surface area (Å²) in [5.74, 6) is -1.26. The summed E-state index contributed by atoms with van der Waals surface area (Å²) < 4.78 is 5.35. The zero-order chi connectivity index (χ0) is 17.3. The number of morpholine rings is 1. The fourth-order valence-electron chi connectivity index (χ4n) is 2.78. The van der Waals surface area contributed by atoms with Crippen LogP contribution in [0.1, 0.15) is 23.0 Å². The maximum atomic E-state index is 12.8. The summed E-state index contributed by atoms with van der Waals surface area (Å²) in [5, 5.41) is 13.1. The number of carbonyl (C=O) groups excluding carboxylic acids is 1. The summed E-state index contributed by atoms with van der Waals surface area (Å²) in [5.41, 5.74) is 2.97. The summed E-state index contributed by atoms with van der Waals surface area (Å²) in [4.78, 5) is 30.0. The van der Waals surface area contributed by atoms with Gasteiger partial charge in [-0.25, -0.2) is 4.79 Å². The molecule has 0 radical (unpaired) electrons. The lowest BCUT2D eigenvalue weighted by Crippen LogP contribution is -2.51. The third-order valence-corrected chi connectivity index (χ3v) is 4.64. The Balaban J connectivity index is 1.83. The molecule has 1 amide bonds. The van der Waals surface area contributed by atoms with E-state index in [9.17, 15) is 9.59 Å². The molecule has 0 aromatic carbocycles. The summed E-state index contributed by atoms with van der Waals surface area (Å²) in [6.45, 7) is 3.97. The Morgan fingerprint density at radius 3 is 2.75 bits per heavy atom. The average Bonchev–Trinajstić information content (AvgIpc) is 3.08. The second-order valence-electron chi connectivity index (χ2n) is 5.83. The molecule has 0 spiro atoms. The predicted molar refractivity (Wildman–Crippen MR) is 90.2 cm³/mol. The molecule has 0 saturated carbocycles. The molecule has 3 rings (SSSR count). The molecule has 0 aliphatic carbocycles. The SMILES string of the molecule is Cc1nc(-c2ccsc2)ccc1C(=O)N1CC(C(=O)O)O[C@H](C)C1. The van der Waals surface area contributed by atoms with Crippen molar-refractivity contribution in [2.45, 2.75) is 26.1 Å². The lowest BCUT2D eigenvalue weighted by molar-refractivity contribution is -0.160. The number of aromatic nitrogens is 1. The van der Waals surface area contributed by atoms with Gasteiger partial charge < -0.3 is 14.7 Å². The van der Waals surface area contributed by atoms with E-state index in [0.29, 0.717) is 17.8 Å². The van der Waals surface area contributed by atoms with Crippen LogP contribution < -0.4 is 0 Å². The Hall–Kier alpha value is -2.25. The van der Waals surface area contributed by atoms with Crippen molar-refractivity contribution >= 4 is 23.2 Å². The number of carboxylic acid groups (broad SMARTS) is 1. The van der Waals surface area contributed by atoms with E-state index in [1.165, 1.54) is 4.90 Å². The molecule has 1 aliphatic heterocycles. The molecule has 6 nitrogen and oxygen atoms in total. The number of ether oxygens (including phenoxy) is 1. The van der Waals surface area contributed by atoms with E-state index in [4.69, 9.17) is 9.84 Å². The largest absolute Gasteiger partial charge is 0.479 e. The Labute approximate surface area is 143 Å². The van der Waals surface area contributed by atoms with Gasteiger partial charge >= 0.3 is 5.97 Å². The highest BCUT2D eigenvalue weighted by atomic mass is 32.1. The number of carboxylic acids is 1. The van der Waals surface area contributed by atoms with E-state index >= 15 is 0 Å². The number of aryl methyl sites for hydroxylation is 1. The molecule has 2 aromatic rings. The summed E-state index contributed by atoms with van der Waals surface area (Å²) in [6, 6.07) is 5.56. The molecule has 1 N–H and O–H groups in total. The van der Waals surface area contributed by atoms with Gasteiger partial charge in [0.05, 0.1) is 29.6 Å². The Kier molecular flexibility index (Phi) is 4.64. The van der Waals surface area contributed by atoms with E-state index in [-0.39, 0.29) is 18.6 Å². The third-order valence-electron chi connectivity index (χ3n) is 3.96. The first-order valence-electron chi connectivity index (χ1n) is 7.63. The van der Waals surface area contributed by atoms with Crippen LogP contribution in [-0.4, -0.2) is 52.2 Å². The minimum Gasteiger partial charge on any atom is -0.479 e. The molecule has 1 unspecified atom stereocenters. The van der Waals surface area contributed by atoms with Gasteiger partial charge in [-0.15, -0.1) is 0 Å². The second-order valence-corrected chi connectivity index (χ2v) is 6.61. The molecule has 24 heavy (non-hydrogen) atoms. The monoisotopic (exact) mass is 346 g/mol. The molecule has 7 heteroatoms. The van der Waals surface area contributed by atoms with E-state index in [0.717, 1.165) is 11.3 Å². The van der Waals surface area contributed by atoms with Crippen molar-refractivity contribution in [2.24, 2.45) is 0 Å². The number of rotatable bonds is 3. The normalized spacial score (nSPS) is 20.8. The smallest absolute Gasteiger partial charge is 0.334 e. The minimum absolute atomic E-state index is 0.0459. The third kappa shape index (κ3) is 3.32. The summed E-state index contributed by atoms with van der Waals surface area (Å²) in [7, 11) is 0. The number of hydrogen-bond donors (Lipinski definition) is 1. The number of pyridine rings is 1. The topological polar surface area (TPSA) is 79.7 Å². The first-order valence-corrected chi connectivity index (χ1v) is 8.57. The van der Waals surface area contributed by atoms with Crippen molar-refractivity contribution in [1.29, 1.82) is 0 Å². The first-order chi connectivity index (χ1) is 11.5. The number of nitrogens with zero attached hydrogens (tertiary/aromatic N) is 2. The van der Waals surface area contributed by atoms with Crippen LogP contribution in [0.5, 0.6) is 0 Å². The standard InChI is InChI=1S/C17H18N2O4S/c1-10-7-19(8-15(23-10)17(21)22)16(20)13-3-4-14(18-11(13)2)12-5-6-24-9-12/h3-6,9-10,15H,7-8H2,1-2H3,(H,21,22)/t10-,15?/m1/s1. The van der Waals surface area contributed by atoms with E-state index in [1.807, 2.05) is 22.9 Å². The van der Waals surface area contributed by atoms with E-state index < -0.39 is 12.1 Å². The number of amides is 1. The lowest BCUT2D eigenvalue weighted by atomic mass is 10.1. The molecule has 2 atom stereocenters. The van der Waals surface area contributed by atoms with Gasteiger partial charge in [-0.3, -0.25) is 9.78 Å². The van der Waals surface area contributed by atoms with E-state index in [2.05, 4.69) is 4.98 Å². The quantitative estimate of drug-likeness (QED) is 0.923. The highest BCUT2D eigenvalue weighted by Crippen LogP contribution is 2.23. The number of hydrogen-bond acceptors (Lipinski definition) is 5. The predicted octanol–water partition coefficient (Wildman–Crippen LogP) is 2.43. The highest BCUT2D eigenvalue weighted by molar-refractivity contribution is 7.08. The van der Waals surface area contributed by atoms with Gasteiger partial charge in [0.1, 0.15) is 0 Å². The Morgan fingerprint density at radius 2 is 2.12 bits per heavy atom. The first kappa shape index (κ1) is 16.6. The van der Waals surface area contributed by atoms with Crippen LogP contribution >= 0.6 is 11.3 Å². The van der Waals surface area contributed by atoms with Crippen LogP contribution in [0.15, 0.2) is 29.0 Å². The van der Waals surface area contributed by atoms with Crippen molar-refractivity contribution in [1.82, 2.24) is 9.88 Å². The Morgan fingerprint density at radius 1 is 1.33 bits per heavy atom. The molecule has 3 heterocycles. The molecule has 2 aromatic heterocycles. The van der Waals surface area contributed by atoms with Gasteiger partial charge in [0.25, 0.3) is 5.91 Å². The highest BCUT2D eigenvalue weighted by Gasteiger charge is 2.33. The number of aliphatic carboxylic acids is 1. The molecule has 1 aliphatic rings. The second kappa shape index (κ2) is 6.70. The van der Waals surface area contributed by atoms with Crippen molar-refractivity contribution in [3.8, 4) is 11.3 Å². The van der Waals surface area contributed by atoms with Crippen LogP contribution in [-0.2, 0) is 9.53 Å². The van der Waals surface area contributed by atoms with Crippen molar-refractivity contribution in [3.63, 3.8) is 0 Å². The Bertz CT molecular complexity index is 760. The number of carbonyl (C=O) groups is 2. The van der Waals surface area contributed by atoms with Crippen LogP contribution in [0, 0.1) is 6.92 Å². The maximum Gasteiger partial charge on any atom is 0.334 e. The zero-order valence-corrected chi connectivity index (χ0v) is 14.2. The van der Waals surface area contributed by atoms with Crippen LogP contribution in [0.3, 0.4) is 0 Å². The van der Waals surface area contributed by atoms with Gasteiger partial charge in [-0.2, -0.15) is 11.3 Å². The maximum absolute atomic E-state index is 12.8. The minimum atomic E-state index is -1.05. The van der Waals surface area contributed by atoms with Crippen LogP contribution in [0.4, 0.5) is 0 Å². The molecule has 126 valence electrons. The van der Waals surface area contributed by atoms with Gasteiger partial charge in [-0.1, -0.05) is 0 Å². The van der Waals surface area contributed by atoms with E-state index in [1.54, 1.807) is 31.3 Å². The zero-order valence-electron chi connectivity index (χ0n) is 13.4. The molecule has 1 fully saturated rings. The van der Waals surface area contributed by atoms with Gasteiger partial charge in [0, 0.05) is 17.5 Å². The van der Waals surface area contributed by atoms with Crippen molar-refractivity contribution in [3.05, 3.63) is 40.2 Å². The van der Waals surface area contributed by atoms with Gasteiger partial charge in [0.15, 0.2) is 6.10 Å². The van der Waals surface area contributed by atoms with Gasteiger partial charge in [-0.05, 0) is 37.4 Å². The average molecular weight is 346 g/mol. The summed E-state index contributed by atoms with van der Waals surface area (Å²) >= 11 is 1.59. The lowest BCUT2D eigenvalue weighted by Gasteiger charge is -2.35. The fourth-order valence-corrected chi connectivity index (χ4v) is 3.43. The van der Waals surface area contributed by atoms with Crippen LogP contribution in [0.25, 0.3) is 11.3 Å². The van der Waals surface area contributed by atoms with Gasteiger partial charge in [0.2, 0.25) is 0 Å². The molecule has 0 bridgehead atoms. The molecular weight excluding hydrogens is 328 g/mol. The molecule has 1 saturated heterocycles.